The molecule has 1 aromatic heterocycles. The van der Waals surface area contributed by atoms with E-state index in [4.69, 9.17) is 16.0 Å². The van der Waals surface area contributed by atoms with Crippen LogP contribution in [0, 0.1) is 0 Å². The van der Waals surface area contributed by atoms with E-state index in [1.54, 1.807) is 23.9 Å². The van der Waals surface area contributed by atoms with E-state index < -0.39 is 11.7 Å². The molecule has 1 heterocycles. The highest BCUT2D eigenvalue weighted by Gasteiger charge is 2.30. The van der Waals surface area contributed by atoms with Crippen LogP contribution in [0.15, 0.2) is 57.8 Å². The summed E-state index contributed by atoms with van der Waals surface area (Å²) in [4.78, 5) is 13.0. The van der Waals surface area contributed by atoms with Crippen molar-refractivity contribution in [1.82, 2.24) is 10.2 Å². The smallest absolute Gasteiger partial charge is 0.403 e. The van der Waals surface area contributed by atoms with Crippen molar-refractivity contribution in [1.29, 1.82) is 0 Å². The fourth-order valence-corrected chi connectivity index (χ4v) is 3.31. The monoisotopic (exact) mass is 441 g/mol. The molecule has 0 spiro atoms. The van der Waals surface area contributed by atoms with Crippen molar-refractivity contribution in [2.24, 2.45) is 0 Å². The number of rotatable bonds is 7. The molecule has 152 valence electrons. The minimum absolute atomic E-state index is 0.0207. The van der Waals surface area contributed by atoms with Crippen LogP contribution in [0.4, 0.5) is 19.2 Å². The summed E-state index contributed by atoms with van der Waals surface area (Å²) in [6.45, 7) is 0. The number of nitrogens with one attached hydrogen (secondary N) is 1. The number of nitrogens with zero attached hydrogens (tertiary/aromatic N) is 2. The molecule has 2 aromatic carbocycles. The maximum Gasteiger partial charge on any atom is 0.416 e. The molecular formula is C19H15ClF3N3O2S. The van der Waals surface area contributed by atoms with Gasteiger partial charge in [0, 0.05) is 21.9 Å². The molecule has 5 nitrogen and oxygen atoms in total. The van der Waals surface area contributed by atoms with Crippen LogP contribution in [0.5, 0.6) is 0 Å². The van der Waals surface area contributed by atoms with Gasteiger partial charge in [0.05, 0.1) is 5.56 Å². The second-order valence-corrected chi connectivity index (χ2v) is 7.55. The number of carbonyl (C=O) groups is 1. The summed E-state index contributed by atoms with van der Waals surface area (Å²) < 4.78 is 43.1. The first kappa shape index (κ1) is 21.2. The number of halogens is 4. The number of hydrogen-bond acceptors (Lipinski definition) is 5. The van der Waals surface area contributed by atoms with Crippen LogP contribution in [0.1, 0.15) is 18.4 Å². The summed E-state index contributed by atoms with van der Waals surface area (Å²) in [5.41, 5.74) is -0.448. The van der Waals surface area contributed by atoms with E-state index in [1.165, 1.54) is 12.1 Å². The van der Waals surface area contributed by atoms with Crippen molar-refractivity contribution >= 4 is 35.3 Å². The minimum Gasteiger partial charge on any atom is -0.403 e. The molecular weight excluding hydrogens is 427 g/mol. The summed E-state index contributed by atoms with van der Waals surface area (Å²) in [7, 11) is 0. The van der Waals surface area contributed by atoms with Crippen molar-refractivity contribution in [2.45, 2.75) is 23.9 Å². The van der Waals surface area contributed by atoms with Gasteiger partial charge in [0.25, 0.3) is 0 Å². The summed E-state index contributed by atoms with van der Waals surface area (Å²) in [5, 5.41) is 10.6. The van der Waals surface area contributed by atoms with E-state index in [9.17, 15) is 18.0 Å². The topological polar surface area (TPSA) is 68.0 Å². The summed E-state index contributed by atoms with van der Waals surface area (Å²) in [6.07, 6.45) is -3.52. The normalized spacial score (nSPS) is 11.4. The Bertz CT molecular complexity index is 960. The zero-order valence-corrected chi connectivity index (χ0v) is 16.4. The van der Waals surface area contributed by atoms with Crippen molar-refractivity contribution in [3.05, 3.63) is 59.1 Å². The molecule has 0 aliphatic carbocycles. The molecule has 0 radical (unpaired) electrons. The van der Waals surface area contributed by atoms with Crippen LogP contribution in [0.25, 0.3) is 11.5 Å². The molecule has 10 heteroatoms. The average molecular weight is 442 g/mol. The highest BCUT2D eigenvalue weighted by atomic mass is 35.5. The molecule has 29 heavy (non-hydrogen) atoms. The lowest BCUT2D eigenvalue weighted by Crippen LogP contribution is -2.11. The van der Waals surface area contributed by atoms with Crippen molar-refractivity contribution in [3.8, 4) is 11.5 Å². The quantitative estimate of drug-likeness (QED) is 0.364. The Morgan fingerprint density at radius 1 is 1.07 bits per heavy atom. The Morgan fingerprint density at radius 3 is 2.41 bits per heavy atom. The summed E-state index contributed by atoms with van der Waals surface area (Å²) in [6, 6.07) is 11.6. The fraction of sp³-hybridized carbons (Fsp3) is 0.211. The lowest BCUT2D eigenvalue weighted by molar-refractivity contribution is -0.137. The molecule has 0 aliphatic heterocycles. The van der Waals surface area contributed by atoms with Gasteiger partial charge in [-0.3, -0.25) is 10.1 Å². The Morgan fingerprint density at radius 2 is 1.76 bits per heavy atom. The standard InChI is InChI=1S/C19H15ClF3N3O2S/c20-14-7-9-15(10-8-14)29-11-1-2-16(27)24-18-26-25-17(28-18)12-3-5-13(6-4-12)19(21,22)23/h3-10H,1-2,11H2,(H,24,26,27). The Labute approximate surface area is 173 Å². The maximum absolute atomic E-state index is 12.6. The van der Waals surface area contributed by atoms with Crippen molar-refractivity contribution < 1.29 is 22.4 Å². The van der Waals surface area contributed by atoms with Gasteiger partial charge >= 0.3 is 12.2 Å². The molecule has 1 N–H and O–H groups in total. The predicted molar refractivity (Wildman–Crippen MR) is 105 cm³/mol. The van der Waals surface area contributed by atoms with E-state index in [2.05, 4.69) is 15.5 Å². The molecule has 0 saturated carbocycles. The lowest BCUT2D eigenvalue weighted by Gasteiger charge is -2.05. The lowest BCUT2D eigenvalue weighted by atomic mass is 10.1. The third-order valence-corrected chi connectivity index (χ3v) is 5.11. The number of carbonyl (C=O) groups excluding carboxylic acids is 1. The zero-order valence-electron chi connectivity index (χ0n) is 14.9. The highest BCUT2D eigenvalue weighted by molar-refractivity contribution is 7.99. The van der Waals surface area contributed by atoms with Gasteiger partial charge in [0.2, 0.25) is 11.8 Å². The number of benzene rings is 2. The first-order chi connectivity index (χ1) is 13.8. The minimum atomic E-state index is -4.42. The first-order valence-electron chi connectivity index (χ1n) is 8.50. The molecule has 3 rings (SSSR count). The highest BCUT2D eigenvalue weighted by Crippen LogP contribution is 2.31. The van der Waals surface area contributed by atoms with Gasteiger partial charge in [-0.05, 0) is 60.7 Å². The number of aromatic nitrogens is 2. The van der Waals surface area contributed by atoms with E-state index in [1.807, 2.05) is 12.1 Å². The van der Waals surface area contributed by atoms with Crippen LogP contribution in [0.2, 0.25) is 5.02 Å². The maximum atomic E-state index is 12.6. The summed E-state index contributed by atoms with van der Waals surface area (Å²) in [5.74, 6) is 0.479. The molecule has 0 aliphatic rings. The predicted octanol–water partition coefficient (Wildman–Crippen LogP) is 5.92. The van der Waals surface area contributed by atoms with Gasteiger partial charge in [-0.15, -0.1) is 16.9 Å². The van der Waals surface area contributed by atoms with Gasteiger partial charge in [-0.2, -0.15) is 13.2 Å². The van der Waals surface area contributed by atoms with Gasteiger partial charge in [-0.1, -0.05) is 16.7 Å². The van der Waals surface area contributed by atoms with Crippen LogP contribution in [0.3, 0.4) is 0 Å². The molecule has 0 saturated heterocycles. The van der Waals surface area contributed by atoms with Gasteiger partial charge in [0.1, 0.15) is 0 Å². The van der Waals surface area contributed by atoms with Gasteiger partial charge in [0.15, 0.2) is 0 Å². The van der Waals surface area contributed by atoms with Crippen molar-refractivity contribution in [2.75, 3.05) is 11.1 Å². The Hall–Kier alpha value is -2.52. The number of amides is 1. The van der Waals surface area contributed by atoms with E-state index in [0.29, 0.717) is 17.0 Å². The van der Waals surface area contributed by atoms with Crippen LogP contribution in [-0.4, -0.2) is 21.9 Å². The van der Waals surface area contributed by atoms with Crippen molar-refractivity contribution in [3.63, 3.8) is 0 Å². The summed E-state index contributed by atoms with van der Waals surface area (Å²) >= 11 is 7.44. The third kappa shape index (κ3) is 6.23. The number of hydrogen-bond donors (Lipinski definition) is 1. The van der Waals surface area contributed by atoms with Gasteiger partial charge in [-0.25, -0.2) is 0 Å². The third-order valence-electron chi connectivity index (χ3n) is 3.76. The molecule has 0 fully saturated rings. The first-order valence-corrected chi connectivity index (χ1v) is 9.87. The van der Waals surface area contributed by atoms with Gasteiger partial charge < -0.3 is 4.42 Å². The Balaban J connectivity index is 1.46. The second-order valence-electron chi connectivity index (χ2n) is 5.94. The molecule has 0 atom stereocenters. The average Bonchev–Trinajstić information content (AvgIpc) is 3.14. The number of anilines is 1. The zero-order chi connectivity index (χ0) is 20.9. The molecule has 1 amide bonds. The van der Waals surface area contributed by atoms with E-state index in [0.717, 1.165) is 22.8 Å². The van der Waals surface area contributed by atoms with E-state index >= 15 is 0 Å². The number of alkyl halides is 3. The van der Waals surface area contributed by atoms with Crippen LogP contribution >= 0.6 is 23.4 Å². The molecule has 0 bridgehead atoms. The number of thioether (sulfide) groups is 1. The van der Waals surface area contributed by atoms with E-state index in [-0.39, 0.29) is 24.2 Å². The molecule has 3 aromatic rings. The Kier molecular flexibility index (Phi) is 6.81. The SMILES string of the molecule is O=C(CCCSc1ccc(Cl)cc1)Nc1nnc(-c2ccc(C(F)(F)F)cc2)o1. The van der Waals surface area contributed by atoms with Crippen LogP contribution < -0.4 is 5.32 Å². The second kappa shape index (κ2) is 9.32. The van der Waals surface area contributed by atoms with Crippen LogP contribution in [-0.2, 0) is 11.0 Å². The largest absolute Gasteiger partial charge is 0.416 e. The fourth-order valence-electron chi connectivity index (χ4n) is 2.33. The molecule has 0 unspecified atom stereocenters.